The highest BCUT2D eigenvalue weighted by molar-refractivity contribution is 7.80. The second-order valence-electron chi connectivity index (χ2n) is 6.39. The molecule has 30 heavy (non-hydrogen) atoms. The number of hydrogen-bond donors (Lipinski definition) is 4. The molecule has 0 saturated carbocycles. The van der Waals surface area contributed by atoms with E-state index in [1.807, 2.05) is 72.8 Å². The van der Waals surface area contributed by atoms with E-state index in [2.05, 4.69) is 21.3 Å². The zero-order chi connectivity index (χ0) is 21.3. The van der Waals surface area contributed by atoms with Gasteiger partial charge in [0.2, 0.25) is 0 Å². The molecule has 0 radical (unpaired) electrons. The van der Waals surface area contributed by atoms with Crippen molar-refractivity contribution in [2.24, 2.45) is 0 Å². The Kier molecular flexibility index (Phi) is 8.28. The van der Waals surface area contributed by atoms with E-state index in [4.69, 9.17) is 47.6 Å². The van der Waals surface area contributed by atoms with Gasteiger partial charge < -0.3 is 21.3 Å². The highest BCUT2D eigenvalue weighted by Gasteiger charge is 2.04. The SMILES string of the molecule is S=C(NCc1ccc(CNC(=S)Nc2ccccc2Cl)cc1)Nc1ccccc1Cl. The molecule has 4 nitrogen and oxygen atoms in total. The first-order valence-electron chi connectivity index (χ1n) is 9.18. The van der Waals surface area contributed by atoms with Crippen molar-refractivity contribution in [2.45, 2.75) is 13.1 Å². The zero-order valence-electron chi connectivity index (χ0n) is 15.9. The molecule has 0 amide bonds. The van der Waals surface area contributed by atoms with E-state index in [0.29, 0.717) is 33.4 Å². The molecule has 8 heteroatoms. The number of hydrogen-bond acceptors (Lipinski definition) is 2. The van der Waals surface area contributed by atoms with Crippen LogP contribution in [0.25, 0.3) is 0 Å². The lowest BCUT2D eigenvalue weighted by Gasteiger charge is -2.13. The third-order valence-corrected chi connectivity index (χ3v) is 5.33. The predicted molar refractivity (Wildman–Crippen MR) is 135 cm³/mol. The van der Waals surface area contributed by atoms with Gasteiger partial charge in [0, 0.05) is 13.1 Å². The first-order valence-corrected chi connectivity index (χ1v) is 10.7. The van der Waals surface area contributed by atoms with Crippen LogP contribution in [0, 0.1) is 0 Å². The first kappa shape index (κ1) is 22.3. The molecule has 0 bridgehead atoms. The number of rotatable bonds is 6. The fourth-order valence-electron chi connectivity index (χ4n) is 2.60. The maximum absolute atomic E-state index is 6.13. The van der Waals surface area contributed by atoms with Crippen molar-refractivity contribution in [1.29, 1.82) is 0 Å². The van der Waals surface area contributed by atoms with Gasteiger partial charge in [0.05, 0.1) is 21.4 Å². The van der Waals surface area contributed by atoms with E-state index in [1.54, 1.807) is 0 Å². The number of benzene rings is 3. The van der Waals surface area contributed by atoms with Gasteiger partial charge in [-0.3, -0.25) is 0 Å². The van der Waals surface area contributed by atoms with Gasteiger partial charge in [-0.05, 0) is 59.8 Å². The molecular weight excluding hydrogens is 455 g/mol. The Morgan fingerprint density at radius 3 is 1.33 bits per heavy atom. The van der Waals surface area contributed by atoms with E-state index in [-0.39, 0.29) is 0 Å². The van der Waals surface area contributed by atoms with Crippen LogP contribution in [0.5, 0.6) is 0 Å². The third kappa shape index (κ3) is 6.85. The molecule has 0 atom stereocenters. The Labute approximate surface area is 197 Å². The van der Waals surface area contributed by atoms with Crippen LogP contribution in [0.15, 0.2) is 72.8 Å². The number of halogens is 2. The zero-order valence-corrected chi connectivity index (χ0v) is 19.1. The minimum Gasteiger partial charge on any atom is -0.358 e. The van der Waals surface area contributed by atoms with Gasteiger partial charge in [0.15, 0.2) is 10.2 Å². The fourth-order valence-corrected chi connectivity index (χ4v) is 3.33. The van der Waals surface area contributed by atoms with Crippen molar-refractivity contribution in [3.63, 3.8) is 0 Å². The average Bonchev–Trinajstić information content (AvgIpc) is 2.75. The molecule has 3 rings (SSSR count). The average molecular weight is 475 g/mol. The van der Waals surface area contributed by atoms with Crippen LogP contribution < -0.4 is 21.3 Å². The van der Waals surface area contributed by atoms with E-state index in [9.17, 15) is 0 Å². The summed E-state index contributed by atoms with van der Waals surface area (Å²) in [5.41, 5.74) is 3.77. The molecule has 0 fully saturated rings. The number of nitrogens with one attached hydrogen (secondary N) is 4. The number of thiocarbonyl (C=S) groups is 2. The molecule has 0 heterocycles. The van der Waals surface area contributed by atoms with Gasteiger partial charge >= 0.3 is 0 Å². The summed E-state index contributed by atoms with van der Waals surface area (Å²) < 4.78 is 0. The maximum Gasteiger partial charge on any atom is 0.171 e. The lowest BCUT2D eigenvalue weighted by atomic mass is 10.1. The monoisotopic (exact) mass is 474 g/mol. The molecule has 4 N–H and O–H groups in total. The van der Waals surface area contributed by atoms with Crippen molar-refractivity contribution in [2.75, 3.05) is 10.6 Å². The van der Waals surface area contributed by atoms with E-state index >= 15 is 0 Å². The Morgan fingerprint density at radius 1 is 0.600 bits per heavy atom. The normalized spacial score (nSPS) is 10.2. The molecule has 3 aromatic rings. The van der Waals surface area contributed by atoms with Crippen LogP contribution in [0.2, 0.25) is 10.0 Å². The van der Waals surface area contributed by atoms with Crippen LogP contribution in [-0.4, -0.2) is 10.2 Å². The Bertz CT molecular complexity index is 943. The predicted octanol–water partition coefficient (Wildman–Crippen LogP) is 5.97. The third-order valence-electron chi connectivity index (χ3n) is 4.17. The summed E-state index contributed by atoms with van der Waals surface area (Å²) in [4.78, 5) is 0. The first-order chi connectivity index (χ1) is 14.5. The Hall–Kier alpha value is -2.38. The number of anilines is 2. The maximum atomic E-state index is 6.13. The van der Waals surface area contributed by atoms with Crippen LogP contribution >= 0.6 is 47.6 Å². The summed E-state index contributed by atoms with van der Waals surface area (Å²) >= 11 is 22.9. The highest BCUT2D eigenvalue weighted by Crippen LogP contribution is 2.21. The van der Waals surface area contributed by atoms with Crippen molar-refractivity contribution in [3.8, 4) is 0 Å². The van der Waals surface area contributed by atoms with Crippen molar-refractivity contribution >= 4 is 69.2 Å². The lowest BCUT2D eigenvalue weighted by molar-refractivity contribution is 0.906. The summed E-state index contributed by atoms with van der Waals surface area (Å²) in [6.45, 7) is 1.22. The summed E-state index contributed by atoms with van der Waals surface area (Å²) in [5.74, 6) is 0. The van der Waals surface area contributed by atoms with Crippen LogP contribution in [0.1, 0.15) is 11.1 Å². The van der Waals surface area contributed by atoms with Crippen LogP contribution in [0.3, 0.4) is 0 Å². The Balaban J connectivity index is 1.43. The minimum absolute atomic E-state index is 0.518. The second-order valence-corrected chi connectivity index (χ2v) is 8.02. The van der Waals surface area contributed by atoms with Crippen molar-refractivity contribution in [1.82, 2.24) is 10.6 Å². The summed E-state index contributed by atoms with van der Waals surface area (Å²) in [6, 6.07) is 23.1. The van der Waals surface area contributed by atoms with Gasteiger partial charge in [-0.2, -0.15) is 0 Å². The smallest absolute Gasteiger partial charge is 0.171 e. The van der Waals surface area contributed by atoms with Gasteiger partial charge in [0.25, 0.3) is 0 Å². The highest BCUT2D eigenvalue weighted by atomic mass is 35.5. The van der Waals surface area contributed by atoms with Gasteiger partial charge in [-0.25, -0.2) is 0 Å². The molecular formula is C22H20Cl2N4S2. The molecule has 3 aromatic carbocycles. The summed E-state index contributed by atoms with van der Waals surface area (Å²) in [7, 11) is 0. The quantitative estimate of drug-likeness (QED) is 0.330. The van der Waals surface area contributed by atoms with Crippen molar-refractivity contribution in [3.05, 3.63) is 94.0 Å². The van der Waals surface area contributed by atoms with Crippen LogP contribution in [-0.2, 0) is 13.1 Å². The van der Waals surface area contributed by atoms with Crippen LogP contribution in [0.4, 0.5) is 11.4 Å². The van der Waals surface area contributed by atoms with Gasteiger partial charge in [-0.15, -0.1) is 0 Å². The molecule has 0 aliphatic heterocycles. The molecule has 154 valence electrons. The molecule has 0 aliphatic carbocycles. The Morgan fingerprint density at radius 2 is 0.967 bits per heavy atom. The van der Waals surface area contributed by atoms with Gasteiger partial charge in [0.1, 0.15) is 0 Å². The largest absolute Gasteiger partial charge is 0.358 e. The standard InChI is InChI=1S/C22H20Cl2N4S2/c23-17-5-1-3-7-19(17)27-21(29)25-13-15-9-11-16(12-10-15)14-26-22(30)28-20-8-4-2-6-18(20)24/h1-12H,13-14H2,(H2,25,27,29)(H2,26,28,30). The molecule has 0 spiro atoms. The van der Waals surface area contributed by atoms with E-state index in [0.717, 1.165) is 22.5 Å². The molecule has 0 aliphatic rings. The topological polar surface area (TPSA) is 48.1 Å². The van der Waals surface area contributed by atoms with Crippen molar-refractivity contribution < 1.29 is 0 Å². The van der Waals surface area contributed by atoms with E-state index < -0.39 is 0 Å². The molecule has 0 saturated heterocycles. The summed E-state index contributed by atoms with van der Waals surface area (Å²) in [5, 5.41) is 14.8. The number of para-hydroxylation sites is 2. The second kappa shape index (κ2) is 11.1. The molecule has 0 unspecified atom stereocenters. The minimum atomic E-state index is 0.518. The lowest BCUT2D eigenvalue weighted by Crippen LogP contribution is -2.28. The fraction of sp³-hybridized carbons (Fsp3) is 0.0909. The van der Waals surface area contributed by atoms with Gasteiger partial charge in [-0.1, -0.05) is 71.7 Å². The van der Waals surface area contributed by atoms with E-state index in [1.165, 1.54) is 0 Å². The molecule has 0 aromatic heterocycles. The summed E-state index contributed by atoms with van der Waals surface area (Å²) in [6.07, 6.45) is 0.